The summed E-state index contributed by atoms with van der Waals surface area (Å²) < 4.78 is 5.59. The molecule has 0 heterocycles. The van der Waals surface area contributed by atoms with Gasteiger partial charge in [0.25, 0.3) is 5.91 Å². The molecule has 0 spiro atoms. The number of carbonyl (C=O) groups excluding carboxylic acids is 1. The molecule has 0 unspecified atom stereocenters. The van der Waals surface area contributed by atoms with Gasteiger partial charge < -0.3 is 15.2 Å². The number of aromatic carboxylic acids is 1. The third-order valence-corrected chi connectivity index (χ3v) is 3.54. The van der Waals surface area contributed by atoms with Crippen molar-refractivity contribution in [2.24, 2.45) is 0 Å². The van der Waals surface area contributed by atoms with Gasteiger partial charge in [0.2, 0.25) is 0 Å². The smallest absolute Gasteiger partial charge is 0.335 e. The first kappa shape index (κ1) is 16.5. The average Bonchev–Trinajstić information content (AvgIpc) is 2.50. The lowest BCUT2D eigenvalue weighted by Crippen LogP contribution is -2.20. The second kappa shape index (κ2) is 6.96. The molecule has 2 aromatic rings. The lowest BCUT2D eigenvalue weighted by molar-refractivity contribution is -0.118. The van der Waals surface area contributed by atoms with Crippen molar-refractivity contribution < 1.29 is 19.4 Å². The fourth-order valence-corrected chi connectivity index (χ4v) is 2.19. The van der Waals surface area contributed by atoms with Crippen molar-refractivity contribution in [3.63, 3.8) is 0 Å². The predicted molar refractivity (Wildman–Crippen MR) is 88.2 cm³/mol. The monoisotopic (exact) mass is 313 g/mol. The van der Waals surface area contributed by atoms with Gasteiger partial charge in [-0.2, -0.15) is 0 Å². The van der Waals surface area contributed by atoms with Crippen molar-refractivity contribution in [3.05, 3.63) is 58.7 Å². The number of carbonyl (C=O) groups is 2. The van der Waals surface area contributed by atoms with Crippen LogP contribution in [-0.4, -0.2) is 23.6 Å². The Kier molecular flexibility index (Phi) is 5.01. The maximum atomic E-state index is 11.9. The number of hydrogen-bond donors (Lipinski definition) is 2. The molecule has 1 amide bonds. The van der Waals surface area contributed by atoms with E-state index in [0.717, 1.165) is 16.7 Å². The maximum Gasteiger partial charge on any atom is 0.335 e. The summed E-state index contributed by atoms with van der Waals surface area (Å²) in [5, 5.41) is 11.5. The molecule has 0 saturated heterocycles. The molecule has 0 aromatic heterocycles. The third kappa shape index (κ3) is 4.32. The van der Waals surface area contributed by atoms with Crippen LogP contribution < -0.4 is 10.1 Å². The summed E-state index contributed by atoms with van der Waals surface area (Å²) in [6, 6.07) is 9.93. The van der Waals surface area contributed by atoms with Gasteiger partial charge in [-0.3, -0.25) is 4.79 Å². The molecule has 23 heavy (non-hydrogen) atoms. The van der Waals surface area contributed by atoms with Gasteiger partial charge in [0.05, 0.1) is 5.56 Å². The lowest BCUT2D eigenvalue weighted by atomic mass is 10.1. The van der Waals surface area contributed by atoms with E-state index in [4.69, 9.17) is 9.84 Å². The highest BCUT2D eigenvalue weighted by atomic mass is 16.5. The largest absolute Gasteiger partial charge is 0.483 e. The zero-order valence-corrected chi connectivity index (χ0v) is 13.3. The number of hydrogen-bond acceptors (Lipinski definition) is 3. The Morgan fingerprint density at radius 1 is 1.09 bits per heavy atom. The van der Waals surface area contributed by atoms with Crippen LogP contribution in [0.3, 0.4) is 0 Å². The zero-order chi connectivity index (χ0) is 17.0. The maximum absolute atomic E-state index is 11.9. The quantitative estimate of drug-likeness (QED) is 0.888. The standard InChI is InChI=1S/C18H19NO4/c1-11-8-12(2)13(3)16(9-11)23-10-17(20)19-15-6-4-14(5-7-15)18(21)22/h4-9H,10H2,1-3H3,(H,19,20)(H,21,22). The van der Waals surface area contributed by atoms with E-state index in [9.17, 15) is 9.59 Å². The van der Waals surface area contributed by atoms with Gasteiger partial charge in [-0.15, -0.1) is 0 Å². The fraction of sp³-hybridized carbons (Fsp3) is 0.222. The molecule has 2 N–H and O–H groups in total. The number of carboxylic acid groups (broad SMARTS) is 1. The van der Waals surface area contributed by atoms with E-state index in [1.54, 1.807) is 12.1 Å². The molecule has 0 bridgehead atoms. The minimum atomic E-state index is -1.00. The van der Waals surface area contributed by atoms with Gasteiger partial charge in [-0.1, -0.05) is 6.07 Å². The number of amides is 1. The molecule has 0 aliphatic carbocycles. The van der Waals surface area contributed by atoms with E-state index in [1.807, 2.05) is 26.8 Å². The summed E-state index contributed by atoms with van der Waals surface area (Å²) in [7, 11) is 0. The first-order valence-electron chi connectivity index (χ1n) is 7.20. The van der Waals surface area contributed by atoms with E-state index in [2.05, 4.69) is 11.4 Å². The normalized spacial score (nSPS) is 10.2. The van der Waals surface area contributed by atoms with Crippen molar-refractivity contribution in [1.82, 2.24) is 0 Å². The fourth-order valence-electron chi connectivity index (χ4n) is 2.19. The molecule has 5 heteroatoms. The van der Waals surface area contributed by atoms with Crippen LogP contribution in [0.1, 0.15) is 27.0 Å². The van der Waals surface area contributed by atoms with Gasteiger partial charge in [0.15, 0.2) is 6.61 Å². The summed E-state index contributed by atoms with van der Waals surface area (Å²) >= 11 is 0. The Morgan fingerprint density at radius 2 is 1.74 bits per heavy atom. The van der Waals surface area contributed by atoms with Gasteiger partial charge in [-0.25, -0.2) is 4.79 Å². The van der Waals surface area contributed by atoms with Gasteiger partial charge in [0.1, 0.15) is 5.75 Å². The Labute approximate surface area is 134 Å². The van der Waals surface area contributed by atoms with Crippen molar-refractivity contribution in [2.75, 3.05) is 11.9 Å². The molecule has 0 saturated carbocycles. The second-order valence-corrected chi connectivity index (χ2v) is 5.42. The van der Waals surface area contributed by atoms with E-state index in [0.29, 0.717) is 11.4 Å². The van der Waals surface area contributed by atoms with Gasteiger partial charge in [-0.05, 0) is 67.8 Å². The Morgan fingerprint density at radius 3 is 2.35 bits per heavy atom. The first-order chi connectivity index (χ1) is 10.9. The summed E-state index contributed by atoms with van der Waals surface area (Å²) in [4.78, 5) is 22.7. The molecule has 0 fully saturated rings. The first-order valence-corrected chi connectivity index (χ1v) is 7.20. The number of nitrogens with one attached hydrogen (secondary N) is 1. The van der Waals surface area contributed by atoms with E-state index in [1.165, 1.54) is 12.1 Å². The van der Waals surface area contributed by atoms with Crippen LogP contribution in [0.5, 0.6) is 5.75 Å². The molecular weight excluding hydrogens is 294 g/mol. The molecule has 0 atom stereocenters. The molecule has 0 aliphatic rings. The highest BCUT2D eigenvalue weighted by Crippen LogP contribution is 2.23. The van der Waals surface area contributed by atoms with Crippen LogP contribution in [0.15, 0.2) is 36.4 Å². The van der Waals surface area contributed by atoms with Crippen LogP contribution in [0.2, 0.25) is 0 Å². The van der Waals surface area contributed by atoms with Crippen LogP contribution >= 0.6 is 0 Å². The molecule has 120 valence electrons. The van der Waals surface area contributed by atoms with E-state index in [-0.39, 0.29) is 18.1 Å². The summed E-state index contributed by atoms with van der Waals surface area (Å²) in [5.41, 5.74) is 3.90. The van der Waals surface area contributed by atoms with Crippen LogP contribution in [0.25, 0.3) is 0 Å². The number of aryl methyl sites for hydroxylation is 2. The Hall–Kier alpha value is -2.82. The summed E-state index contributed by atoms with van der Waals surface area (Å²) in [5.74, 6) is -0.609. The number of carboxylic acids is 1. The number of ether oxygens (including phenoxy) is 1. The number of anilines is 1. The van der Waals surface area contributed by atoms with E-state index >= 15 is 0 Å². The minimum Gasteiger partial charge on any atom is -0.483 e. The Bertz CT molecular complexity index is 735. The third-order valence-electron chi connectivity index (χ3n) is 3.54. The summed E-state index contributed by atoms with van der Waals surface area (Å²) in [6.45, 7) is 5.82. The predicted octanol–water partition coefficient (Wildman–Crippen LogP) is 3.33. The topological polar surface area (TPSA) is 75.6 Å². The molecule has 0 radical (unpaired) electrons. The molecule has 2 rings (SSSR count). The van der Waals surface area contributed by atoms with Crippen LogP contribution in [0, 0.1) is 20.8 Å². The second-order valence-electron chi connectivity index (χ2n) is 5.42. The van der Waals surface area contributed by atoms with Crippen LogP contribution in [0.4, 0.5) is 5.69 Å². The van der Waals surface area contributed by atoms with Crippen molar-refractivity contribution in [3.8, 4) is 5.75 Å². The Balaban J connectivity index is 1.96. The molecule has 2 aromatic carbocycles. The zero-order valence-electron chi connectivity index (χ0n) is 13.3. The highest BCUT2D eigenvalue weighted by Gasteiger charge is 2.08. The van der Waals surface area contributed by atoms with Crippen LogP contribution in [-0.2, 0) is 4.79 Å². The lowest BCUT2D eigenvalue weighted by Gasteiger charge is -2.12. The molecule has 5 nitrogen and oxygen atoms in total. The SMILES string of the molecule is Cc1cc(C)c(C)c(OCC(=O)Nc2ccc(C(=O)O)cc2)c1. The van der Waals surface area contributed by atoms with Gasteiger partial charge >= 0.3 is 5.97 Å². The number of benzene rings is 2. The van der Waals surface area contributed by atoms with Crippen molar-refractivity contribution in [1.29, 1.82) is 0 Å². The average molecular weight is 313 g/mol. The molecular formula is C18H19NO4. The number of rotatable bonds is 5. The van der Waals surface area contributed by atoms with E-state index < -0.39 is 5.97 Å². The minimum absolute atomic E-state index is 0.107. The van der Waals surface area contributed by atoms with Gasteiger partial charge in [0, 0.05) is 5.69 Å². The summed E-state index contributed by atoms with van der Waals surface area (Å²) in [6.07, 6.45) is 0. The van der Waals surface area contributed by atoms with Crippen molar-refractivity contribution >= 4 is 17.6 Å². The highest BCUT2D eigenvalue weighted by molar-refractivity contribution is 5.93. The van der Waals surface area contributed by atoms with Crippen molar-refractivity contribution in [2.45, 2.75) is 20.8 Å². The molecule has 0 aliphatic heterocycles.